The summed E-state index contributed by atoms with van der Waals surface area (Å²) in [4.78, 5) is 11.9. The van der Waals surface area contributed by atoms with Gasteiger partial charge in [-0.3, -0.25) is 4.21 Å². The van der Waals surface area contributed by atoms with Crippen molar-refractivity contribution in [2.45, 2.75) is 43.0 Å². The predicted molar refractivity (Wildman–Crippen MR) is 81.1 cm³/mol. The maximum atomic E-state index is 13.4. The van der Waals surface area contributed by atoms with E-state index < -0.39 is 16.6 Å². The molecule has 0 bridgehead atoms. The quantitative estimate of drug-likeness (QED) is 0.878. The number of carbonyl (C=O) groups excluding carboxylic acids is 1. The highest BCUT2D eigenvalue weighted by Gasteiger charge is 2.15. The Morgan fingerprint density at radius 1 is 1.24 bits per heavy atom. The smallest absolute Gasteiger partial charge is 0.315 e. The minimum atomic E-state index is -1.44. The van der Waals surface area contributed by atoms with E-state index in [1.807, 2.05) is 0 Å². The fourth-order valence-electron chi connectivity index (χ4n) is 2.48. The fraction of sp³-hybridized carbons (Fsp3) is 0.533. The average molecular weight is 312 g/mol. The van der Waals surface area contributed by atoms with Crippen LogP contribution in [0.25, 0.3) is 0 Å². The Balaban J connectivity index is 1.70. The Morgan fingerprint density at radius 2 is 1.95 bits per heavy atom. The monoisotopic (exact) mass is 312 g/mol. The van der Waals surface area contributed by atoms with Gasteiger partial charge in [-0.1, -0.05) is 31.4 Å². The third-order valence-electron chi connectivity index (χ3n) is 3.60. The zero-order chi connectivity index (χ0) is 15.1. The van der Waals surface area contributed by atoms with Gasteiger partial charge >= 0.3 is 6.03 Å². The van der Waals surface area contributed by atoms with Gasteiger partial charge in [0.1, 0.15) is 5.82 Å². The van der Waals surface area contributed by atoms with Gasteiger partial charge in [-0.05, 0) is 25.0 Å². The third kappa shape index (κ3) is 5.12. The lowest BCUT2D eigenvalue weighted by Crippen LogP contribution is -2.43. The minimum absolute atomic E-state index is 0.187. The van der Waals surface area contributed by atoms with Crippen LogP contribution in [0.4, 0.5) is 9.18 Å². The van der Waals surface area contributed by atoms with Crippen LogP contribution in [0.15, 0.2) is 29.2 Å². The van der Waals surface area contributed by atoms with Gasteiger partial charge in [0.2, 0.25) is 0 Å². The van der Waals surface area contributed by atoms with E-state index in [-0.39, 0.29) is 29.3 Å². The van der Waals surface area contributed by atoms with Gasteiger partial charge in [-0.15, -0.1) is 0 Å². The van der Waals surface area contributed by atoms with E-state index in [0.717, 1.165) is 25.7 Å². The average Bonchev–Trinajstić information content (AvgIpc) is 2.48. The summed E-state index contributed by atoms with van der Waals surface area (Å²) >= 11 is 0. The number of nitrogens with one attached hydrogen (secondary N) is 2. The van der Waals surface area contributed by atoms with Crippen molar-refractivity contribution in [3.05, 3.63) is 30.1 Å². The molecule has 1 atom stereocenters. The summed E-state index contributed by atoms with van der Waals surface area (Å²) < 4.78 is 25.4. The largest absolute Gasteiger partial charge is 0.337 e. The van der Waals surface area contributed by atoms with Crippen molar-refractivity contribution in [3.8, 4) is 0 Å². The summed E-state index contributed by atoms with van der Waals surface area (Å²) in [7, 11) is -1.44. The third-order valence-corrected chi connectivity index (χ3v) is 4.99. The Bertz CT molecular complexity index is 504. The molecule has 2 N–H and O–H groups in total. The Kier molecular flexibility index (Phi) is 6.17. The highest BCUT2D eigenvalue weighted by atomic mass is 32.2. The molecule has 0 aromatic heterocycles. The number of urea groups is 1. The lowest BCUT2D eigenvalue weighted by atomic mass is 9.96. The van der Waals surface area contributed by atoms with E-state index in [2.05, 4.69) is 10.6 Å². The molecule has 1 aliphatic carbocycles. The van der Waals surface area contributed by atoms with Crippen LogP contribution in [-0.4, -0.2) is 28.6 Å². The summed E-state index contributed by atoms with van der Waals surface area (Å²) in [5.41, 5.74) is 0. The molecule has 0 spiro atoms. The lowest BCUT2D eigenvalue weighted by Gasteiger charge is -2.22. The van der Waals surface area contributed by atoms with Crippen molar-refractivity contribution in [3.63, 3.8) is 0 Å². The van der Waals surface area contributed by atoms with Gasteiger partial charge in [-0.2, -0.15) is 0 Å². The fourth-order valence-corrected chi connectivity index (χ4v) is 3.50. The first kappa shape index (κ1) is 15.9. The molecular formula is C15H21FN2O2S. The molecule has 6 heteroatoms. The van der Waals surface area contributed by atoms with Crippen LogP contribution in [0.1, 0.15) is 32.1 Å². The molecule has 116 valence electrons. The van der Waals surface area contributed by atoms with Crippen LogP contribution in [0.2, 0.25) is 0 Å². The van der Waals surface area contributed by atoms with Gasteiger partial charge in [0.25, 0.3) is 0 Å². The molecule has 0 heterocycles. The SMILES string of the molecule is O=C(NCCS(=O)c1ccccc1F)NC1CCCCC1. The molecule has 0 saturated heterocycles. The van der Waals surface area contributed by atoms with Crippen molar-refractivity contribution in [1.29, 1.82) is 0 Å². The van der Waals surface area contributed by atoms with Gasteiger partial charge in [0.05, 0.1) is 15.7 Å². The van der Waals surface area contributed by atoms with Crippen molar-refractivity contribution < 1.29 is 13.4 Å². The maximum absolute atomic E-state index is 13.4. The van der Waals surface area contributed by atoms with Gasteiger partial charge in [0.15, 0.2) is 0 Å². The van der Waals surface area contributed by atoms with Crippen molar-refractivity contribution in [2.24, 2.45) is 0 Å². The molecule has 2 amide bonds. The molecule has 1 aromatic carbocycles. The van der Waals surface area contributed by atoms with E-state index in [4.69, 9.17) is 0 Å². The Hall–Kier alpha value is -1.43. The van der Waals surface area contributed by atoms with Crippen LogP contribution in [0.5, 0.6) is 0 Å². The van der Waals surface area contributed by atoms with Crippen molar-refractivity contribution in [1.82, 2.24) is 10.6 Å². The number of hydrogen-bond donors (Lipinski definition) is 2. The number of rotatable bonds is 5. The summed E-state index contributed by atoms with van der Waals surface area (Å²) in [6, 6.07) is 6.03. The first-order valence-corrected chi connectivity index (χ1v) is 8.66. The zero-order valence-electron chi connectivity index (χ0n) is 11.9. The Morgan fingerprint density at radius 3 is 2.67 bits per heavy atom. The van der Waals surface area contributed by atoms with Crippen molar-refractivity contribution >= 4 is 16.8 Å². The topological polar surface area (TPSA) is 58.2 Å². The first-order valence-electron chi connectivity index (χ1n) is 7.34. The molecule has 1 fully saturated rings. The van der Waals surface area contributed by atoms with E-state index in [0.29, 0.717) is 0 Å². The second-order valence-electron chi connectivity index (χ2n) is 5.22. The second-order valence-corrected chi connectivity index (χ2v) is 6.75. The highest BCUT2D eigenvalue weighted by Crippen LogP contribution is 2.17. The van der Waals surface area contributed by atoms with Crippen LogP contribution in [0, 0.1) is 5.82 Å². The molecule has 1 aromatic rings. The molecule has 21 heavy (non-hydrogen) atoms. The standard InChI is InChI=1S/C15H21FN2O2S/c16-13-8-4-5-9-14(13)21(20)11-10-17-15(19)18-12-6-2-1-3-7-12/h4-5,8-9,12H,1-3,6-7,10-11H2,(H2,17,18,19). The lowest BCUT2D eigenvalue weighted by molar-refractivity contribution is 0.233. The van der Waals surface area contributed by atoms with Crippen LogP contribution >= 0.6 is 0 Å². The zero-order valence-corrected chi connectivity index (χ0v) is 12.8. The number of benzene rings is 1. The number of carbonyl (C=O) groups is 1. The molecule has 0 aliphatic heterocycles. The van der Waals surface area contributed by atoms with Gasteiger partial charge in [-0.25, -0.2) is 9.18 Å². The van der Waals surface area contributed by atoms with E-state index >= 15 is 0 Å². The van der Waals surface area contributed by atoms with Crippen LogP contribution < -0.4 is 10.6 Å². The minimum Gasteiger partial charge on any atom is -0.337 e. The Labute approximate surface area is 127 Å². The summed E-state index contributed by atoms with van der Waals surface area (Å²) in [5, 5.41) is 5.61. The first-order chi connectivity index (χ1) is 10.2. The summed E-state index contributed by atoms with van der Waals surface area (Å²) in [6.07, 6.45) is 5.59. The highest BCUT2D eigenvalue weighted by molar-refractivity contribution is 7.85. The number of amides is 2. The molecule has 1 unspecified atom stereocenters. The van der Waals surface area contributed by atoms with Crippen molar-refractivity contribution in [2.75, 3.05) is 12.3 Å². The molecule has 2 rings (SSSR count). The number of hydrogen-bond acceptors (Lipinski definition) is 2. The molecule has 4 nitrogen and oxygen atoms in total. The van der Waals surface area contributed by atoms with E-state index in [1.165, 1.54) is 18.6 Å². The number of halogens is 1. The van der Waals surface area contributed by atoms with Gasteiger partial charge in [0, 0.05) is 18.3 Å². The van der Waals surface area contributed by atoms with Crippen LogP contribution in [-0.2, 0) is 10.8 Å². The van der Waals surface area contributed by atoms with Gasteiger partial charge < -0.3 is 10.6 Å². The predicted octanol–water partition coefficient (Wildman–Crippen LogP) is 2.57. The summed E-state index contributed by atoms with van der Waals surface area (Å²) in [6.45, 7) is 0.263. The molecule has 1 saturated carbocycles. The maximum Gasteiger partial charge on any atom is 0.315 e. The molecular weight excluding hydrogens is 291 g/mol. The van der Waals surface area contributed by atoms with E-state index in [9.17, 15) is 13.4 Å². The second kappa shape index (κ2) is 8.12. The normalized spacial score (nSPS) is 17.2. The molecule has 0 radical (unpaired) electrons. The summed E-state index contributed by atoms with van der Waals surface area (Å²) in [5.74, 6) is -0.263. The van der Waals surface area contributed by atoms with E-state index in [1.54, 1.807) is 12.1 Å². The van der Waals surface area contributed by atoms with Crippen LogP contribution in [0.3, 0.4) is 0 Å². The molecule has 1 aliphatic rings.